The standard InChI is InChI=1S/C3H8O3SSi/c1-2-3(8)7(4,5)6/h2-3H,1H2,8H3,(H,4,5,6). The maximum Gasteiger partial charge on any atom is 0.267 e. The van der Waals surface area contributed by atoms with Crippen molar-refractivity contribution in [3.05, 3.63) is 12.7 Å². The molecule has 0 aromatic heterocycles. The van der Waals surface area contributed by atoms with Crippen LogP contribution in [0.3, 0.4) is 0 Å². The summed E-state index contributed by atoms with van der Waals surface area (Å²) in [5.41, 5.74) is 0. The smallest absolute Gasteiger partial charge is 0.267 e. The maximum atomic E-state index is 10.1. The van der Waals surface area contributed by atoms with Crippen molar-refractivity contribution in [3.8, 4) is 0 Å². The van der Waals surface area contributed by atoms with E-state index in [0.29, 0.717) is 10.2 Å². The van der Waals surface area contributed by atoms with Crippen molar-refractivity contribution in [1.29, 1.82) is 0 Å². The van der Waals surface area contributed by atoms with Crippen LogP contribution in [0.25, 0.3) is 0 Å². The summed E-state index contributed by atoms with van der Waals surface area (Å²) in [6, 6.07) is 0. The van der Waals surface area contributed by atoms with Gasteiger partial charge < -0.3 is 0 Å². The Balaban J connectivity index is 4.26. The summed E-state index contributed by atoms with van der Waals surface area (Å²) in [7, 11) is -3.42. The second-order valence-electron chi connectivity index (χ2n) is 1.46. The summed E-state index contributed by atoms with van der Waals surface area (Å²) in [4.78, 5) is -0.720. The van der Waals surface area contributed by atoms with Gasteiger partial charge in [0.1, 0.15) is 0 Å². The van der Waals surface area contributed by atoms with Crippen molar-refractivity contribution < 1.29 is 13.0 Å². The Morgan fingerprint density at radius 2 is 2.12 bits per heavy atom. The van der Waals surface area contributed by atoms with E-state index < -0.39 is 15.0 Å². The lowest BCUT2D eigenvalue weighted by atomic mass is 10.8. The van der Waals surface area contributed by atoms with Crippen LogP contribution in [-0.4, -0.2) is 28.1 Å². The minimum atomic E-state index is -3.81. The molecule has 0 aliphatic carbocycles. The van der Waals surface area contributed by atoms with E-state index in [0.717, 1.165) is 0 Å². The molecule has 48 valence electrons. The number of rotatable bonds is 2. The third kappa shape index (κ3) is 2.25. The monoisotopic (exact) mass is 152 g/mol. The molecule has 0 rings (SSSR count). The predicted molar refractivity (Wildman–Crippen MR) is 35.5 cm³/mol. The molecular weight excluding hydrogens is 144 g/mol. The molecule has 1 unspecified atom stereocenters. The lowest BCUT2D eigenvalue weighted by Crippen LogP contribution is -2.16. The predicted octanol–water partition coefficient (Wildman–Crippen LogP) is -1.25. The van der Waals surface area contributed by atoms with Crippen LogP contribution >= 0.6 is 0 Å². The van der Waals surface area contributed by atoms with Crippen molar-refractivity contribution >= 4 is 20.4 Å². The molecule has 0 aliphatic heterocycles. The van der Waals surface area contributed by atoms with Gasteiger partial charge in [-0.2, -0.15) is 8.42 Å². The van der Waals surface area contributed by atoms with Crippen LogP contribution < -0.4 is 0 Å². The fourth-order valence-corrected chi connectivity index (χ4v) is 0.365. The minimum absolute atomic E-state index is 0.393. The number of hydrogen-bond acceptors (Lipinski definition) is 2. The minimum Gasteiger partial charge on any atom is -0.285 e. The van der Waals surface area contributed by atoms with Crippen molar-refractivity contribution in [2.45, 2.75) is 4.87 Å². The summed E-state index contributed by atoms with van der Waals surface area (Å²) in [5, 5.41) is 0. The fourth-order valence-electron chi connectivity index (χ4n) is 0.122. The molecule has 1 N–H and O–H groups in total. The molecular formula is C3H8O3SSi. The molecule has 0 saturated carbocycles. The Kier molecular flexibility index (Phi) is 2.39. The molecule has 1 atom stereocenters. The molecule has 0 bridgehead atoms. The van der Waals surface area contributed by atoms with Gasteiger partial charge in [-0.3, -0.25) is 4.55 Å². The summed E-state index contributed by atoms with van der Waals surface area (Å²) in [5.74, 6) is 0. The maximum absolute atomic E-state index is 10.1. The van der Waals surface area contributed by atoms with Crippen molar-refractivity contribution in [2.75, 3.05) is 0 Å². The van der Waals surface area contributed by atoms with E-state index in [1.165, 1.54) is 6.08 Å². The van der Waals surface area contributed by atoms with Gasteiger partial charge in [0.15, 0.2) is 0 Å². The zero-order valence-corrected chi connectivity index (χ0v) is 7.35. The molecule has 0 radical (unpaired) electrons. The topological polar surface area (TPSA) is 54.4 Å². The highest BCUT2D eigenvalue weighted by atomic mass is 32.2. The van der Waals surface area contributed by atoms with Gasteiger partial charge in [-0.25, -0.2) is 0 Å². The average molecular weight is 152 g/mol. The van der Waals surface area contributed by atoms with Crippen molar-refractivity contribution in [3.63, 3.8) is 0 Å². The summed E-state index contributed by atoms with van der Waals surface area (Å²) >= 11 is 0. The molecule has 0 heterocycles. The van der Waals surface area contributed by atoms with Crippen LogP contribution in [0.4, 0.5) is 0 Å². The first kappa shape index (κ1) is 7.87. The lowest BCUT2D eigenvalue weighted by molar-refractivity contribution is 0.484. The van der Waals surface area contributed by atoms with Gasteiger partial charge in [-0.05, 0) is 0 Å². The molecule has 3 nitrogen and oxygen atoms in total. The van der Waals surface area contributed by atoms with Crippen molar-refractivity contribution in [1.82, 2.24) is 0 Å². The van der Waals surface area contributed by atoms with Gasteiger partial charge in [-0.1, -0.05) is 6.08 Å². The molecule has 0 fully saturated rings. The van der Waals surface area contributed by atoms with Crippen LogP contribution in [0.15, 0.2) is 12.7 Å². The first-order chi connectivity index (χ1) is 3.48. The van der Waals surface area contributed by atoms with Crippen LogP contribution in [0.1, 0.15) is 0 Å². The lowest BCUT2D eigenvalue weighted by Gasteiger charge is -1.96. The Hall–Kier alpha value is -0.133. The average Bonchev–Trinajstić information content (AvgIpc) is 1.62. The Morgan fingerprint density at radius 3 is 2.12 bits per heavy atom. The van der Waals surface area contributed by atoms with Gasteiger partial charge in [0.25, 0.3) is 10.1 Å². The third-order valence-electron chi connectivity index (χ3n) is 0.802. The van der Waals surface area contributed by atoms with Crippen molar-refractivity contribution in [2.24, 2.45) is 0 Å². The van der Waals surface area contributed by atoms with E-state index in [9.17, 15) is 8.42 Å². The largest absolute Gasteiger partial charge is 0.285 e. The van der Waals surface area contributed by atoms with E-state index in [-0.39, 0.29) is 0 Å². The zero-order valence-electron chi connectivity index (χ0n) is 4.53. The summed E-state index contributed by atoms with van der Waals surface area (Å²) < 4.78 is 28.4. The van der Waals surface area contributed by atoms with E-state index >= 15 is 0 Å². The zero-order chi connectivity index (χ0) is 6.78. The van der Waals surface area contributed by atoms with Gasteiger partial charge in [-0.15, -0.1) is 6.58 Å². The molecule has 5 heteroatoms. The first-order valence-electron chi connectivity index (χ1n) is 2.07. The van der Waals surface area contributed by atoms with E-state index in [2.05, 4.69) is 6.58 Å². The molecule has 0 aromatic rings. The molecule has 0 amide bonds. The Bertz CT molecular complexity index is 171. The molecule has 8 heavy (non-hydrogen) atoms. The Labute approximate surface area is 51.6 Å². The molecule has 0 saturated heterocycles. The summed E-state index contributed by atoms with van der Waals surface area (Å²) in [6.07, 6.45) is 1.22. The van der Waals surface area contributed by atoms with Gasteiger partial charge in [0.05, 0.1) is 4.87 Å². The van der Waals surface area contributed by atoms with Gasteiger partial charge >= 0.3 is 0 Å². The van der Waals surface area contributed by atoms with Gasteiger partial charge in [0.2, 0.25) is 0 Å². The van der Waals surface area contributed by atoms with Crippen LogP contribution in [0.2, 0.25) is 0 Å². The van der Waals surface area contributed by atoms with E-state index in [4.69, 9.17) is 4.55 Å². The van der Waals surface area contributed by atoms with Crippen LogP contribution in [0, 0.1) is 0 Å². The van der Waals surface area contributed by atoms with Gasteiger partial charge in [0, 0.05) is 10.2 Å². The van der Waals surface area contributed by atoms with E-state index in [1.807, 2.05) is 0 Å². The second-order valence-corrected chi connectivity index (χ2v) is 5.31. The second kappa shape index (κ2) is 2.43. The van der Waals surface area contributed by atoms with E-state index in [1.54, 1.807) is 0 Å². The molecule has 0 aromatic carbocycles. The summed E-state index contributed by atoms with van der Waals surface area (Å²) in [6.45, 7) is 3.22. The number of hydrogen-bond donors (Lipinski definition) is 1. The fraction of sp³-hybridized carbons (Fsp3) is 0.333. The first-order valence-corrected chi connectivity index (χ1v) is 4.73. The SMILES string of the molecule is C=CC([SiH3])S(=O)(=O)O. The third-order valence-corrected chi connectivity index (χ3v) is 4.19. The van der Waals surface area contributed by atoms with Crippen LogP contribution in [-0.2, 0) is 10.1 Å². The molecule has 0 aliphatic rings. The highest BCUT2D eigenvalue weighted by Crippen LogP contribution is 1.91. The van der Waals surface area contributed by atoms with Crippen LogP contribution in [0.5, 0.6) is 0 Å². The Morgan fingerprint density at radius 1 is 1.75 bits per heavy atom. The highest BCUT2D eigenvalue weighted by Gasteiger charge is 2.10. The highest BCUT2D eigenvalue weighted by molar-refractivity contribution is 7.87. The quantitative estimate of drug-likeness (QED) is 0.306. The molecule has 0 spiro atoms. The normalized spacial score (nSPS) is 15.6.